The number of anilines is 2. The third kappa shape index (κ3) is 2.67. The van der Waals surface area contributed by atoms with Gasteiger partial charge in [-0.25, -0.2) is 0 Å². The van der Waals surface area contributed by atoms with Crippen LogP contribution in [0, 0.1) is 2.88 Å². The van der Waals surface area contributed by atoms with E-state index in [0.717, 1.165) is 14.1 Å². The summed E-state index contributed by atoms with van der Waals surface area (Å²) in [4.78, 5) is 14.1. The molecule has 0 saturated heterocycles. The maximum Gasteiger partial charge on any atom is 0.259 e. The van der Waals surface area contributed by atoms with Crippen molar-refractivity contribution in [1.82, 2.24) is 0 Å². The molecule has 1 aromatic heterocycles. The predicted octanol–water partition coefficient (Wildman–Crippen LogP) is 3.60. The van der Waals surface area contributed by atoms with Gasteiger partial charge >= 0.3 is 0 Å². The first-order valence-electron chi connectivity index (χ1n) is 5.54. The van der Waals surface area contributed by atoms with Crippen LogP contribution >= 0.6 is 33.9 Å². The van der Waals surface area contributed by atoms with E-state index < -0.39 is 0 Å². The summed E-state index contributed by atoms with van der Waals surface area (Å²) in [5.74, 6) is -0.00503. The number of carbonyl (C=O) groups is 1. The monoisotopic (exact) mass is 372 g/mol. The molecule has 0 aliphatic rings. The van der Waals surface area contributed by atoms with Crippen LogP contribution in [-0.4, -0.2) is 12.5 Å². The highest BCUT2D eigenvalue weighted by molar-refractivity contribution is 14.1. The molecular formula is C13H13IN2OS. The molecule has 2 aromatic rings. The van der Waals surface area contributed by atoms with Crippen molar-refractivity contribution in [3.63, 3.8) is 0 Å². The number of hydrogen-bond donors (Lipinski definition) is 1. The molecule has 1 amide bonds. The normalized spacial score (nSPS) is 10.3. The summed E-state index contributed by atoms with van der Waals surface area (Å²) in [5.41, 5.74) is 8.03. The van der Waals surface area contributed by atoms with Crippen molar-refractivity contribution in [1.29, 1.82) is 0 Å². The molecule has 1 aromatic carbocycles. The van der Waals surface area contributed by atoms with Gasteiger partial charge in [0.25, 0.3) is 5.91 Å². The molecule has 0 aliphatic heterocycles. The van der Waals surface area contributed by atoms with Gasteiger partial charge < -0.3 is 10.6 Å². The fraction of sp³-hybridized carbons (Fsp3) is 0.154. The molecule has 18 heavy (non-hydrogen) atoms. The minimum absolute atomic E-state index is 0.00503. The summed E-state index contributed by atoms with van der Waals surface area (Å²) in [5, 5.41) is 1.88. The third-order valence-electron chi connectivity index (χ3n) is 2.60. The first-order chi connectivity index (χ1) is 8.63. The molecule has 0 radical (unpaired) electrons. The molecule has 0 spiro atoms. The number of carbonyl (C=O) groups excluding carboxylic acids is 1. The molecule has 0 saturated carbocycles. The number of nitrogen functional groups attached to an aromatic ring is 1. The zero-order valence-corrected chi connectivity index (χ0v) is 12.9. The number of halogens is 1. The number of nitrogens with zero attached hydrogens (tertiary/aromatic N) is 1. The lowest BCUT2D eigenvalue weighted by Crippen LogP contribution is -2.30. The Hall–Kier alpha value is -1.08. The molecular weight excluding hydrogens is 359 g/mol. The fourth-order valence-electron chi connectivity index (χ4n) is 1.73. The predicted molar refractivity (Wildman–Crippen MR) is 85.2 cm³/mol. The zero-order chi connectivity index (χ0) is 13.1. The van der Waals surface area contributed by atoms with Crippen LogP contribution in [0.15, 0.2) is 35.7 Å². The molecule has 0 bridgehead atoms. The Morgan fingerprint density at radius 3 is 2.72 bits per heavy atom. The van der Waals surface area contributed by atoms with Crippen LogP contribution in [-0.2, 0) is 0 Å². The van der Waals surface area contributed by atoms with Crippen LogP contribution in [0.2, 0.25) is 0 Å². The van der Waals surface area contributed by atoms with Gasteiger partial charge in [-0.2, -0.15) is 0 Å². The van der Waals surface area contributed by atoms with Gasteiger partial charge in [0.2, 0.25) is 0 Å². The summed E-state index contributed by atoms with van der Waals surface area (Å²) < 4.78 is 1.10. The van der Waals surface area contributed by atoms with E-state index in [1.54, 1.807) is 16.2 Å². The molecule has 94 valence electrons. The lowest BCUT2D eigenvalue weighted by Gasteiger charge is -2.22. The van der Waals surface area contributed by atoms with E-state index in [-0.39, 0.29) is 5.91 Å². The van der Waals surface area contributed by atoms with Crippen molar-refractivity contribution in [3.05, 3.63) is 44.2 Å². The number of benzene rings is 1. The van der Waals surface area contributed by atoms with E-state index in [1.807, 2.05) is 42.6 Å². The average molecular weight is 372 g/mol. The summed E-state index contributed by atoms with van der Waals surface area (Å²) in [6.45, 7) is 2.54. The van der Waals surface area contributed by atoms with Crippen molar-refractivity contribution in [2.75, 3.05) is 17.2 Å². The highest BCUT2D eigenvalue weighted by Crippen LogP contribution is 2.25. The lowest BCUT2D eigenvalue weighted by atomic mass is 10.2. The van der Waals surface area contributed by atoms with Gasteiger partial charge in [0.1, 0.15) is 0 Å². The van der Waals surface area contributed by atoms with E-state index in [9.17, 15) is 4.79 Å². The second-order valence-corrected chi connectivity index (χ2v) is 6.55. The first kappa shape index (κ1) is 13.4. The van der Waals surface area contributed by atoms with Gasteiger partial charge in [0, 0.05) is 11.9 Å². The smallest absolute Gasteiger partial charge is 0.259 e. The summed E-state index contributed by atoms with van der Waals surface area (Å²) in [6.07, 6.45) is 0. The maximum atomic E-state index is 12.4. The topological polar surface area (TPSA) is 46.3 Å². The molecule has 0 unspecified atom stereocenters. The molecule has 1 heterocycles. The SMILES string of the molecule is CCN(C(=O)c1csc(I)c1)c1ccccc1N. The van der Waals surface area contributed by atoms with Gasteiger partial charge in [-0.1, -0.05) is 12.1 Å². The maximum absolute atomic E-state index is 12.4. The highest BCUT2D eigenvalue weighted by Gasteiger charge is 2.18. The van der Waals surface area contributed by atoms with Gasteiger partial charge in [0.05, 0.1) is 19.8 Å². The van der Waals surface area contributed by atoms with E-state index in [0.29, 0.717) is 12.2 Å². The molecule has 3 nitrogen and oxygen atoms in total. The standard InChI is InChI=1S/C13H13IN2OS/c1-2-16(11-6-4-3-5-10(11)15)13(17)9-7-12(14)18-8-9/h3-8H,2,15H2,1H3. The summed E-state index contributed by atoms with van der Waals surface area (Å²) >= 11 is 3.78. The minimum Gasteiger partial charge on any atom is -0.397 e. The van der Waals surface area contributed by atoms with Crippen LogP contribution in [0.4, 0.5) is 11.4 Å². The Balaban J connectivity index is 2.35. The van der Waals surface area contributed by atoms with Crippen molar-refractivity contribution in [2.24, 2.45) is 0 Å². The van der Waals surface area contributed by atoms with Crippen LogP contribution in [0.3, 0.4) is 0 Å². The Labute approximate surface area is 124 Å². The van der Waals surface area contributed by atoms with E-state index in [2.05, 4.69) is 22.6 Å². The molecule has 0 atom stereocenters. The Kier molecular flexibility index (Phi) is 4.23. The van der Waals surface area contributed by atoms with Crippen LogP contribution in [0.25, 0.3) is 0 Å². The van der Waals surface area contributed by atoms with Crippen LogP contribution in [0.1, 0.15) is 17.3 Å². The number of para-hydroxylation sites is 2. The highest BCUT2D eigenvalue weighted by atomic mass is 127. The quantitative estimate of drug-likeness (QED) is 0.661. The average Bonchev–Trinajstić information content (AvgIpc) is 2.79. The number of hydrogen-bond acceptors (Lipinski definition) is 3. The molecule has 2 N–H and O–H groups in total. The summed E-state index contributed by atoms with van der Waals surface area (Å²) in [6, 6.07) is 9.33. The van der Waals surface area contributed by atoms with Crippen LogP contribution in [0.5, 0.6) is 0 Å². The number of amides is 1. The van der Waals surface area contributed by atoms with Gasteiger partial charge in [-0.3, -0.25) is 4.79 Å². The Morgan fingerprint density at radius 1 is 1.44 bits per heavy atom. The van der Waals surface area contributed by atoms with Crippen molar-refractivity contribution in [3.8, 4) is 0 Å². The van der Waals surface area contributed by atoms with E-state index in [1.165, 1.54) is 0 Å². The Bertz CT molecular complexity index is 568. The molecule has 0 aliphatic carbocycles. The molecule has 2 rings (SSSR count). The lowest BCUT2D eigenvalue weighted by molar-refractivity contribution is 0.0989. The van der Waals surface area contributed by atoms with E-state index in [4.69, 9.17) is 5.73 Å². The zero-order valence-electron chi connectivity index (χ0n) is 9.89. The van der Waals surface area contributed by atoms with Crippen molar-refractivity contribution >= 4 is 51.2 Å². The molecule has 0 fully saturated rings. The number of thiophene rings is 1. The second kappa shape index (κ2) is 5.71. The number of rotatable bonds is 3. The minimum atomic E-state index is -0.00503. The van der Waals surface area contributed by atoms with E-state index >= 15 is 0 Å². The third-order valence-corrected chi connectivity index (χ3v) is 4.39. The van der Waals surface area contributed by atoms with Gasteiger partial charge in [-0.05, 0) is 47.7 Å². The second-order valence-electron chi connectivity index (χ2n) is 3.75. The summed E-state index contributed by atoms with van der Waals surface area (Å²) in [7, 11) is 0. The molecule has 5 heteroatoms. The Morgan fingerprint density at radius 2 is 2.17 bits per heavy atom. The first-order valence-corrected chi connectivity index (χ1v) is 7.49. The van der Waals surface area contributed by atoms with Crippen LogP contribution < -0.4 is 10.6 Å². The fourth-order valence-corrected chi connectivity index (χ4v) is 3.06. The van der Waals surface area contributed by atoms with Crippen molar-refractivity contribution < 1.29 is 4.79 Å². The van der Waals surface area contributed by atoms with Crippen molar-refractivity contribution in [2.45, 2.75) is 6.92 Å². The number of nitrogens with two attached hydrogens (primary N) is 1. The largest absolute Gasteiger partial charge is 0.397 e. The van der Waals surface area contributed by atoms with Gasteiger partial charge in [-0.15, -0.1) is 11.3 Å². The van der Waals surface area contributed by atoms with Gasteiger partial charge in [0.15, 0.2) is 0 Å².